The first kappa shape index (κ1) is 23.2. The minimum Gasteiger partial charge on any atom is -0.489 e. The highest BCUT2D eigenvalue weighted by Gasteiger charge is 2.62. The number of carbonyl (C=O) groups is 2. The predicted octanol–water partition coefficient (Wildman–Crippen LogP) is 4.06. The summed E-state index contributed by atoms with van der Waals surface area (Å²) in [6, 6.07) is 4.63. The van der Waals surface area contributed by atoms with Gasteiger partial charge in [-0.25, -0.2) is 0 Å². The highest BCUT2D eigenvalue weighted by atomic mass is 19.4. The van der Waals surface area contributed by atoms with Crippen molar-refractivity contribution < 1.29 is 27.5 Å². The van der Waals surface area contributed by atoms with Gasteiger partial charge in [0, 0.05) is 30.4 Å². The highest BCUT2D eigenvalue weighted by Crippen LogP contribution is 2.57. The summed E-state index contributed by atoms with van der Waals surface area (Å²) in [5.41, 5.74) is 0.446. The average Bonchev–Trinajstić information content (AvgIpc) is 3.52. The molecular weight excluding hydrogens is 447 g/mol. The number of carbonyl (C=O) groups excluding carboxylic acids is 2. The van der Waals surface area contributed by atoms with Gasteiger partial charge in [-0.15, -0.1) is 0 Å². The van der Waals surface area contributed by atoms with Crippen LogP contribution in [0.3, 0.4) is 0 Å². The van der Waals surface area contributed by atoms with E-state index < -0.39 is 17.6 Å². The number of nitrogens with zero attached hydrogens (tertiary/aromatic N) is 1. The van der Waals surface area contributed by atoms with Crippen LogP contribution in [0.25, 0.3) is 0 Å². The Hall–Kier alpha value is -2.55. The molecule has 1 aromatic carbocycles. The number of alkyl halides is 3. The molecule has 0 radical (unpaired) electrons. The van der Waals surface area contributed by atoms with Crippen LogP contribution >= 0.6 is 0 Å². The summed E-state index contributed by atoms with van der Waals surface area (Å²) in [5.74, 6) is 0.219. The van der Waals surface area contributed by atoms with Crippen LogP contribution in [0.5, 0.6) is 5.75 Å². The third kappa shape index (κ3) is 4.30. The van der Waals surface area contributed by atoms with Gasteiger partial charge in [0.2, 0.25) is 5.91 Å². The van der Waals surface area contributed by atoms with Crippen molar-refractivity contribution in [3.05, 3.63) is 41.6 Å². The minimum atomic E-state index is -4.17. The zero-order valence-electron chi connectivity index (χ0n) is 19.0. The van der Waals surface area contributed by atoms with Crippen molar-refractivity contribution in [2.24, 2.45) is 5.41 Å². The standard InChI is InChI=1S/C25H30F3N3O3/c1-15-6-9-20(22(32)30-15)31-13-16-12-17(7-8-18(16)23(31)33)34-21-5-3-2-4-19(21)29-14-24(10-11-24)25(26,27)28/h7-8,12,19-21,29H,1-6,9-11,13-14H2,(H,30,32). The fourth-order valence-corrected chi connectivity index (χ4v) is 5.39. The van der Waals surface area contributed by atoms with Gasteiger partial charge in [-0.05, 0) is 68.7 Å². The fourth-order valence-electron chi connectivity index (χ4n) is 5.39. The van der Waals surface area contributed by atoms with Crippen LogP contribution in [0, 0.1) is 5.41 Å². The number of rotatable bonds is 6. The van der Waals surface area contributed by atoms with Crippen molar-refractivity contribution in [1.82, 2.24) is 15.5 Å². The molecule has 6 nitrogen and oxygen atoms in total. The topological polar surface area (TPSA) is 70.7 Å². The molecule has 2 amide bonds. The van der Waals surface area contributed by atoms with Crippen LogP contribution in [0.1, 0.15) is 67.3 Å². The van der Waals surface area contributed by atoms with E-state index in [1.54, 1.807) is 17.0 Å². The van der Waals surface area contributed by atoms with E-state index in [1.165, 1.54) is 0 Å². The van der Waals surface area contributed by atoms with E-state index in [-0.39, 0.29) is 43.3 Å². The van der Waals surface area contributed by atoms with Gasteiger partial charge in [0.1, 0.15) is 17.9 Å². The molecule has 5 rings (SSSR count). The molecule has 2 saturated carbocycles. The van der Waals surface area contributed by atoms with Gasteiger partial charge < -0.3 is 20.3 Å². The van der Waals surface area contributed by atoms with Crippen LogP contribution < -0.4 is 15.4 Å². The number of benzene rings is 1. The average molecular weight is 478 g/mol. The van der Waals surface area contributed by atoms with Crippen molar-refractivity contribution in [2.45, 2.75) is 82.3 Å². The summed E-state index contributed by atoms with van der Waals surface area (Å²) in [6.45, 7) is 4.05. The zero-order chi connectivity index (χ0) is 24.1. The largest absolute Gasteiger partial charge is 0.489 e. The Labute approximate surface area is 196 Å². The lowest BCUT2D eigenvalue weighted by Gasteiger charge is -2.34. The highest BCUT2D eigenvalue weighted by molar-refractivity contribution is 6.01. The first-order chi connectivity index (χ1) is 16.2. The lowest BCUT2D eigenvalue weighted by molar-refractivity contribution is -0.186. The van der Waals surface area contributed by atoms with Crippen molar-refractivity contribution in [3.63, 3.8) is 0 Å². The second-order valence-corrected chi connectivity index (χ2v) is 10.1. The molecule has 0 bridgehead atoms. The molecule has 2 aliphatic carbocycles. The third-order valence-corrected chi connectivity index (χ3v) is 7.75. The minimum absolute atomic E-state index is 0.0649. The monoisotopic (exact) mass is 477 g/mol. The van der Waals surface area contributed by atoms with E-state index in [1.807, 2.05) is 6.07 Å². The molecule has 3 fully saturated rings. The second-order valence-electron chi connectivity index (χ2n) is 10.1. The van der Waals surface area contributed by atoms with Crippen LogP contribution in [-0.4, -0.2) is 47.6 Å². The van der Waals surface area contributed by atoms with Gasteiger partial charge >= 0.3 is 6.18 Å². The molecule has 2 N–H and O–H groups in total. The van der Waals surface area contributed by atoms with E-state index in [0.717, 1.165) is 31.2 Å². The van der Waals surface area contributed by atoms with E-state index in [0.29, 0.717) is 36.4 Å². The summed E-state index contributed by atoms with van der Waals surface area (Å²) in [7, 11) is 0. The predicted molar refractivity (Wildman–Crippen MR) is 119 cm³/mol. The molecule has 0 aromatic heterocycles. The number of hydrogen-bond acceptors (Lipinski definition) is 4. The number of ether oxygens (including phenoxy) is 1. The zero-order valence-corrected chi connectivity index (χ0v) is 19.0. The summed E-state index contributed by atoms with van der Waals surface area (Å²) in [5, 5.41) is 5.89. The number of fused-ring (bicyclic) bond motifs is 1. The quantitative estimate of drug-likeness (QED) is 0.649. The van der Waals surface area contributed by atoms with Crippen LogP contribution in [0.4, 0.5) is 13.2 Å². The number of piperidine rings is 1. The number of halogens is 3. The molecule has 34 heavy (non-hydrogen) atoms. The summed E-state index contributed by atoms with van der Waals surface area (Å²) in [4.78, 5) is 26.9. The Kier molecular flexibility index (Phi) is 5.86. The maximum absolute atomic E-state index is 13.3. The number of hydrogen-bond donors (Lipinski definition) is 2. The molecule has 184 valence electrons. The molecule has 3 unspecified atom stereocenters. The summed E-state index contributed by atoms with van der Waals surface area (Å²) < 4.78 is 46.2. The number of allylic oxidation sites excluding steroid dienone is 1. The van der Waals surface area contributed by atoms with E-state index >= 15 is 0 Å². The molecule has 3 atom stereocenters. The number of amides is 2. The van der Waals surface area contributed by atoms with Gasteiger partial charge in [-0.2, -0.15) is 13.2 Å². The van der Waals surface area contributed by atoms with Gasteiger partial charge in [0.15, 0.2) is 0 Å². The molecule has 2 aliphatic heterocycles. The Balaban J connectivity index is 1.25. The van der Waals surface area contributed by atoms with Crippen LogP contribution in [0.2, 0.25) is 0 Å². The van der Waals surface area contributed by atoms with Gasteiger partial charge in [0.25, 0.3) is 5.91 Å². The Morgan fingerprint density at radius 3 is 2.65 bits per heavy atom. The van der Waals surface area contributed by atoms with Crippen molar-refractivity contribution >= 4 is 11.8 Å². The third-order valence-electron chi connectivity index (χ3n) is 7.75. The first-order valence-electron chi connectivity index (χ1n) is 12.1. The second kappa shape index (κ2) is 8.59. The molecular formula is C25H30F3N3O3. The van der Waals surface area contributed by atoms with Crippen molar-refractivity contribution in [2.75, 3.05) is 6.54 Å². The lowest BCUT2D eigenvalue weighted by Crippen LogP contribution is -2.49. The van der Waals surface area contributed by atoms with Crippen LogP contribution in [0.15, 0.2) is 30.5 Å². The van der Waals surface area contributed by atoms with Gasteiger partial charge in [-0.1, -0.05) is 13.0 Å². The van der Waals surface area contributed by atoms with Crippen LogP contribution in [-0.2, 0) is 11.3 Å². The normalized spacial score (nSPS) is 28.5. The van der Waals surface area contributed by atoms with E-state index in [4.69, 9.17) is 4.74 Å². The van der Waals surface area contributed by atoms with Gasteiger partial charge in [-0.3, -0.25) is 9.59 Å². The Bertz CT molecular complexity index is 1000. The molecule has 1 aromatic rings. The van der Waals surface area contributed by atoms with Gasteiger partial charge in [0.05, 0.1) is 5.41 Å². The fraction of sp³-hybridized carbons (Fsp3) is 0.600. The van der Waals surface area contributed by atoms with E-state index in [9.17, 15) is 22.8 Å². The molecule has 9 heteroatoms. The molecule has 4 aliphatic rings. The Morgan fingerprint density at radius 1 is 1.18 bits per heavy atom. The summed E-state index contributed by atoms with van der Waals surface area (Å²) in [6.07, 6.45) is 0.619. The summed E-state index contributed by atoms with van der Waals surface area (Å²) >= 11 is 0. The van der Waals surface area contributed by atoms with E-state index in [2.05, 4.69) is 17.2 Å². The lowest BCUT2D eigenvalue weighted by atomic mass is 9.91. The number of nitrogens with one attached hydrogen (secondary N) is 2. The maximum Gasteiger partial charge on any atom is 0.395 e. The SMILES string of the molecule is C=C1CCC(N2Cc3cc(OC4CCCCC4NCC4(C(F)(F)F)CC4)ccc3C2=O)C(=O)N1. The molecule has 0 spiro atoms. The van der Waals surface area contributed by atoms with Crippen molar-refractivity contribution in [1.29, 1.82) is 0 Å². The first-order valence-corrected chi connectivity index (χ1v) is 12.1. The molecule has 1 saturated heterocycles. The Morgan fingerprint density at radius 2 is 1.94 bits per heavy atom. The maximum atomic E-state index is 13.3. The molecule has 2 heterocycles. The van der Waals surface area contributed by atoms with Crippen molar-refractivity contribution in [3.8, 4) is 5.75 Å². The smallest absolute Gasteiger partial charge is 0.395 e.